The topological polar surface area (TPSA) is 83.4 Å². The third-order valence-corrected chi connectivity index (χ3v) is 7.42. The zero-order chi connectivity index (χ0) is 18.1. The maximum Gasteiger partial charge on any atom is 0.306 e. The first-order valence-corrected chi connectivity index (χ1v) is 10.8. The Bertz CT molecular complexity index is 844. The average molecular weight is 392 g/mol. The number of piperidine rings is 1. The van der Waals surface area contributed by atoms with E-state index in [0.717, 1.165) is 28.1 Å². The summed E-state index contributed by atoms with van der Waals surface area (Å²) in [6, 6.07) is 0. The molecule has 26 heavy (non-hydrogen) atoms. The van der Waals surface area contributed by atoms with Crippen molar-refractivity contribution in [3.05, 3.63) is 16.8 Å². The number of thioether (sulfide) groups is 1. The van der Waals surface area contributed by atoms with Gasteiger partial charge in [0.25, 0.3) is 0 Å². The van der Waals surface area contributed by atoms with Crippen LogP contribution in [0.1, 0.15) is 36.1 Å². The van der Waals surface area contributed by atoms with Gasteiger partial charge in [0.1, 0.15) is 16.2 Å². The van der Waals surface area contributed by atoms with Crippen LogP contribution in [-0.4, -0.2) is 50.7 Å². The fraction of sp³-hybridized carbons (Fsp3) is 0.556. The third kappa shape index (κ3) is 3.44. The van der Waals surface area contributed by atoms with E-state index < -0.39 is 5.97 Å². The second-order valence-electron chi connectivity index (χ2n) is 6.85. The van der Waals surface area contributed by atoms with Crippen molar-refractivity contribution in [3.8, 4) is 0 Å². The van der Waals surface area contributed by atoms with E-state index in [9.17, 15) is 9.59 Å². The molecule has 8 heteroatoms. The Morgan fingerprint density at radius 1 is 1.23 bits per heavy atom. The van der Waals surface area contributed by atoms with Crippen molar-refractivity contribution >= 4 is 45.2 Å². The number of aliphatic carboxylic acids is 1. The van der Waals surface area contributed by atoms with Gasteiger partial charge in [0, 0.05) is 23.4 Å². The molecule has 2 aromatic rings. The zero-order valence-corrected chi connectivity index (χ0v) is 16.1. The van der Waals surface area contributed by atoms with Crippen molar-refractivity contribution in [2.24, 2.45) is 5.92 Å². The number of aromatic nitrogens is 2. The van der Waals surface area contributed by atoms with Gasteiger partial charge in [-0.15, -0.1) is 11.3 Å². The lowest BCUT2D eigenvalue weighted by Gasteiger charge is -2.30. The summed E-state index contributed by atoms with van der Waals surface area (Å²) in [6.07, 6.45) is 7.32. The highest BCUT2D eigenvalue weighted by atomic mass is 32.2. The van der Waals surface area contributed by atoms with Crippen LogP contribution < -0.4 is 0 Å². The largest absolute Gasteiger partial charge is 0.481 e. The number of fused-ring (bicyclic) bond motifs is 3. The Kier molecular flexibility index (Phi) is 5.13. The number of carbonyl (C=O) groups is 2. The van der Waals surface area contributed by atoms with Gasteiger partial charge in [0.15, 0.2) is 0 Å². The maximum atomic E-state index is 12.5. The van der Waals surface area contributed by atoms with Crippen LogP contribution in [0, 0.1) is 5.92 Å². The van der Waals surface area contributed by atoms with Crippen molar-refractivity contribution in [2.75, 3.05) is 18.8 Å². The van der Waals surface area contributed by atoms with Gasteiger partial charge in [-0.1, -0.05) is 11.8 Å². The molecule has 1 saturated heterocycles. The smallest absolute Gasteiger partial charge is 0.306 e. The van der Waals surface area contributed by atoms with Gasteiger partial charge in [-0.3, -0.25) is 9.59 Å². The zero-order valence-electron chi connectivity index (χ0n) is 14.4. The molecular formula is C18H21N3O3S2. The van der Waals surface area contributed by atoms with Crippen LogP contribution in [0.5, 0.6) is 0 Å². The molecule has 4 rings (SSSR count). The minimum atomic E-state index is -0.753. The first-order chi connectivity index (χ1) is 12.6. The Morgan fingerprint density at radius 3 is 2.77 bits per heavy atom. The van der Waals surface area contributed by atoms with E-state index in [0.29, 0.717) is 31.7 Å². The van der Waals surface area contributed by atoms with Crippen molar-refractivity contribution in [2.45, 2.75) is 43.6 Å². The van der Waals surface area contributed by atoms with E-state index in [-0.39, 0.29) is 11.8 Å². The normalized spacial score (nSPS) is 18.1. The average Bonchev–Trinajstić information content (AvgIpc) is 3.05. The second kappa shape index (κ2) is 7.52. The quantitative estimate of drug-likeness (QED) is 0.637. The first-order valence-electron chi connectivity index (χ1n) is 9.02. The van der Waals surface area contributed by atoms with Crippen LogP contribution in [-0.2, 0) is 22.4 Å². The second-order valence-corrected chi connectivity index (χ2v) is 8.90. The van der Waals surface area contributed by atoms with E-state index >= 15 is 0 Å². The number of amides is 1. The molecule has 1 fully saturated rings. The van der Waals surface area contributed by atoms with Gasteiger partial charge in [-0.05, 0) is 44.1 Å². The number of thiophene rings is 1. The number of hydrogen-bond acceptors (Lipinski definition) is 6. The van der Waals surface area contributed by atoms with E-state index in [1.165, 1.54) is 35.0 Å². The van der Waals surface area contributed by atoms with Gasteiger partial charge in [0.05, 0.1) is 11.7 Å². The molecule has 1 amide bonds. The fourth-order valence-electron chi connectivity index (χ4n) is 3.77. The summed E-state index contributed by atoms with van der Waals surface area (Å²) in [5.41, 5.74) is 1.38. The summed E-state index contributed by atoms with van der Waals surface area (Å²) in [7, 11) is 0. The summed E-state index contributed by atoms with van der Waals surface area (Å²) in [5.74, 6) is -0.661. The van der Waals surface area contributed by atoms with Crippen LogP contribution in [0.25, 0.3) is 10.2 Å². The van der Waals surface area contributed by atoms with Crippen molar-refractivity contribution in [1.82, 2.24) is 14.9 Å². The molecular weight excluding hydrogens is 370 g/mol. The van der Waals surface area contributed by atoms with Crippen molar-refractivity contribution < 1.29 is 14.7 Å². The standard InChI is InChI=1S/C18H21N3O3S2/c22-14(21-7-5-11(6-8-21)18(23)24)9-25-16-15-12-3-1-2-4-13(12)26-17(15)20-10-19-16/h10-11H,1-9H2,(H,23,24). The molecule has 1 aliphatic carbocycles. The first kappa shape index (κ1) is 17.7. The number of rotatable bonds is 4. The Morgan fingerprint density at radius 2 is 2.00 bits per heavy atom. The van der Waals surface area contributed by atoms with E-state index in [1.54, 1.807) is 22.6 Å². The number of hydrogen-bond donors (Lipinski definition) is 1. The highest BCUT2D eigenvalue weighted by Gasteiger charge is 2.27. The van der Waals surface area contributed by atoms with Crippen LogP contribution in [0.2, 0.25) is 0 Å². The summed E-state index contributed by atoms with van der Waals surface area (Å²) < 4.78 is 0. The molecule has 1 N–H and O–H groups in total. The number of nitrogens with zero attached hydrogens (tertiary/aromatic N) is 3. The molecule has 0 saturated carbocycles. The SMILES string of the molecule is O=C(O)C1CCN(C(=O)CSc2ncnc3sc4c(c23)CCCC4)CC1. The van der Waals surface area contributed by atoms with Crippen LogP contribution in [0.4, 0.5) is 0 Å². The van der Waals surface area contributed by atoms with Crippen molar-refractivity contribution in [3.63, 3.8) is 0 Å². The summed E-state index contributed by atoms with van der Waals surface area (Å²) in [6.45, 7) is 1.06. The molecule has 1 aliphatic heterocycles. The number of carbonyl (C=O) groups excluding carboxylic acids is 1. The number of carboxylic acid groups (broad SMARTS) is 1. The minimum Gasteiger partial charge on any atom is -0.481 e. The molecule has 0 aromatic carbocycles. The molecule has 2 aliphatic rings. The molecule has 2 aromatic heterocycles. The summed E-state index contributed by atoms with van der Waals surface area (Å²) in [5, 5.41) is 11.1. The van der Waals surface area contributed by atoms with E-state index in [2.05, 4.69) is 9.97 Å². The number of aryl methyl sites for hydroxylation is 2. The highest BCUT2D eigenvalue weighted by Crippen LogP contribution is 2.39. The molecule has 0 spiro atoms. The monoisotopic (exact) mass is 391 g/mol. The minimum absolute atomic E-state index is 0.0645. The Balaban J connectivity index is 1.44. The molecule has 138 valence electrons. The van der Waals surface area contributed by atoms with Gasteiger partial charge in [0.2, 0.25) is 5.91 Å². The lowest BCUT2D eigenvalue weighted by Crippen LogP contribution is -2.41. The molecule has 0 bridgehead atoms. The molecule has 6 nitrogen and oxygen atoms in total. The van der Waals surface area contributed by atoms with Gasteiger partial charge in [-0.2, -0.15) is 0 Å². The van der Waals surface area contributed by atoms with Crippen LogP contribution in [0.3, 0.4) is 0 Å². The highest BCUT2D eigenvalue weighted by molar-refractivity contribution is 8.00. The van der Waals surface area contributed by atoms with Crippen molar-refractivity contribution in [1.29, 1.82) is 0 Å². The van der Waals surface area contributed by atoms with Gasteiger partial charge in [-0.25, -0.2) is 9.97 Å². The predicted octanol–water partition coefficient (Wildman–Crippen LogP) is 2.99. The van der Waals surface area contributed by atoms with Gasteiger partial charge < -0.3 is 10.0 Å². The third-order valence-electron chi connectivity index (χ3n) is 5.25. The number of carboxylic acids is 1. The molecule has 0 unspecified atom stereocenters. The number of likely N-dealkylation sites (tertiary alicyclic amines) is 1. The van der Waals surface area contributed by atoms with Gasteiger partial charge >= 0.3 is 5.97 Å². The summed E-state index contributed by atoms with van der Waals surface area (Å²) >= 11 is 3.25. The fourth-order valence-corrected chi connectivity index (χ4v) is 5.99. The van der Waals surface area contributed by atoms with Crippen LogP contribution in [0.15, 0.2) is 11.4 Å². The van der Waals surface area contributed by atoms with E-state index in [1.807, 2.05) is 0 Å². The van der Waals surface area contributed by atoms with Crippen LogP contribution >= 0.6 is 23.1 Å². The lowest BCUT2D eigenvalue weighted by molar-refractivity contribution is -0.145. The molecule has 3 heterocycles. The molecule has 0 atom stereocenters. The Hall–Kier alpha value is -1.67. The lowest BCUT2D eigenvalue weighted by atomic mass is 9.97. The predicted molar refractivity (Wildman–Crippen MR) is 102 cm³/mol. The Labute approximate surface area is 160 Å². The molecule has 0 radical (unpaired) electrons. The van der Waals surface area contributed by atoms with E-state index in [4.69, 9.17) is 5.11 Å². The maximum absolute atomic E-state index is 12.5. The summed E-state index contributed by atoms with van der Waals surface area (Å²) in [4.78, 5) is 36.7.